The van der Waals surface area contributed by atoms with Crippen molar-refractivity contribution in [1.29, 1.82) is 0 Å². The molecule has 7 heteroatoms. The fraction of sp³-hybridized carbons (Fsp3) is 0.471. The number of ether oxygens (including phenoxy) is 1. The maximum atomic E-state index is 12.7. The third-order valence-corrected chi connectivity index (χ3v) is 4.59. The molecule has 1 aliphatic heterocycles. The highest BCUT2D eigenvalue weighted by molar-refractivity contribution is 5.56. The zero-order valence-electron chi connectivity index (χ0n) is 14.1. The molecule has 2 heterocycles. The van der Waals surface area contributed by atoms with Gasteiger partial charge in [-0.2, -0.15) is 5.10 Å². The van der Waals surface area contributed by atoms with Crippen LogP contribution in [0.2, 0.25) is 0 Å². The normalized spacial score (nSPS) is 16.7. The Morgan fingerprint density at radius 2 is 2.00 bits per heavy atom. The van der Waals surface area contributed by atoms with Crippen molar-refractivity contribution in [3.63, 3.8) is 0 Å². The van der Waals surface area contributed by atoms with Crippen LogP contribution < -0.4 is 5.69 Å². The number of hydrogen-bond acceptors (Lipinski definition) is 4. The average Bonchev–Trinajstić information content (AvgIpc) is 2.82. The molecule has 0 amide bonds. The van der Waals surface area contributed by atoms with E-state index in [-0.39, 0.29) is 5.69 Å². The molecule has 0 bridgehead atoms. The highest BCUT2D eigenvalue weighted by Gasteiger charge is 2.28. The maximum Gasteiger partial charge on any atom is 0.507 e. The molecule has 2 aromatic rings. The molecule has 128 valence electrons. The van der Waals surface area contributed by atoms with Crippen molar-refractivity contribution < 1.29 is 14.6 Å². The number of carbonyl (C=O) groups is 1. The number of aromatic nitrogens is 3. The minimum Gasteiger partial charge on any atom is -0.450 e. The Hall–Kier alpha value is -2.57. The van der Waals surface area contributed by atoms with E-state index in [0.29, 0.717) is 25.2 Å². The van der Waals surface area contributed by atoms with Gasteiger partial charge in [-0.25, -0.2) is 18.8 Å². The van der Waals surface area contributed by atoms with Gasteiger partial charge in [0.2, 0.25) is 0 Å². The van der Waals surface area contributed by atoms with Gasteiger partial charge in [0.25, 0.3) is 0 Å². The van der Waals surface area contributed by atoms with Crippen LogP contribution in [0.3, 0.4) is 0 Å². The first kappa shape index (κ1) is 16.3. The number of fused-ring (bicyclic) bond motifs is 1. The van der Waals surface area contributed by atoms with Crippen molar-refractivity contribution in [2.24, 2.45) is 0 Å². The van der Waals surface area contributed by atoms with Gasteiger partial charge in [0.15, 0.2) is 6.23 Å². The second-order valence-electron chi connectivity index (χ2n) is 6.32. The lowest BCUT2D eigenvalue weighted by Crippen LogP contribution is -2.33. The first-order valence-electron chi connectivity index (χ1n) is 8.01. The van der Waals surface area contributed by atoms with Crippen LogP contribution in [0.1, 0.15) is 47.1 Å². The first-order chi connectivity index (χ1) is 11.4. The van der Waals surface area contributed by atoms with E-state index in [1.807, 2.05) is 13.8 Å². The molecular weight excluding hydrogens is 310 g/mol. The van der Waals surface area contributed by atoms with Crippen LogP contribution in [0, 0.1) is 20.8 Å². The first-order valence-corrected chi connectivity index (χ1v) is 8.01. The number of hydrogen-bond donors (Lipinski definition) is 1. The van der Waals surface area contributed by atoms with Gasteiger partial charge in [0.05, 0.1) is 6.54 Å². The standard InChI is InChI=1S/C17H21N3O4/c1-10-7-12(3)13(8-11(10)2)9-19-16(21)20-14(18-19)5-4-6-15(20)24-17(22)23/h7-8,15H,4-6,9H2,1-3H3,(H,22,23). The van der Waals surface area contributed by atoms with Gasteiger partial charge in [0.1, 0.15) is 5.82 Å². The van der Waals surface area contributed by atoms with Crippen LogP contribution in [0.4, 0.5) is 4.79 Å². The summed E-state index contributed by atoms with van der Waals surface area (Å²) in [7, 11) is 0. The summed E-state index contributed by atoms with van der Waals surface area (Å²) in [6.07, 6.45) is -0.274. The predicted octanol–water partition coefficient (Wildman–Crippen LogP) is 2.55. The van der Waals surface area contributed by atoms with Crippen LogP contribution >= 0.6 is 0 Å². The fourth-order valence-electron chi connectivity index (χ4n) is 3.17. The Bertz CT molecular complexity index is 850. The molecule has 1 N–H and O–H groups in total. The van der Waals surface area contributed by atoms with E-state index in [0.717, 1.165) is 17.5 Å². The van der Waals surface area contributed by atoms with Gasteiger partial charge < -0.3 is 9.84 Å². The highest BCUT2D eigenvalue weighted by Crippen LogP contribution is 2.23. The smallest absolute Gasteiger partial charge is 0.450 e. The van der Waals surface area contributed by atoms with Gasteiger partial charge in [-0.15, -0.1) is 0 Å². The van der Waals surface area contributed by atoms with E-state index in [1.165, 1.54) is 20.4 Å². The highest BCUT2D eigenvalue weighted by atomic mass is 16.7. The third-order valence-electron chi connectivity index (χ3n) is 4.59. The lowest BCUT2D eigenvalue weighted by molar-refractivity contribution is 0.00392. The van der Waals surface area contributed by atoms with Crippen LogP contribution in [0.25, 0.3) is 0 Å². The summed E-state index contributed by atoms with van der Waals surface area (Å²) < 4.78 is 7.61. The van der Waals surface area contributed by atoms with Gasteiger partial charge in [-0.1, -0.05) is 12.1 Å². The maximum absolute atomic E-state index is 12.7. The number of nitrogens with zero attached hydrogens (tertiary/aromatic N) is 3. The summed E-state index contributed by atoms with van der Waals surface area (Å²) >= 11 is 0. The van der Waals surface area contributed by atoms with Gasteiger partial charge >= 0.3 is 11.8 Å². The minimum absolute atomic E-state index is 0.325. The summed E-state index contributed by atoms with van der Waals surface area (Å²) in [4.78, 5) is 23.5. The molecule has 0 fully saturated rings. The predicted molar refractivity (Wildman–Crippen MR) is 87.3 cm³/mol. The molecule has 1 aliphatic rings. The van der Waals surface area contributed by atoms with Gasteiger partial charge in [-0.3, -0.25) is 0 Å². The minimum atomic E-state index is -1.38. The number of benzene rings is 1. The Kier molecular flexibility index (Phi) is 4.17. The molecule has 1 atom stereocenters. The molecule has 7 nitrogen and oxygen atoms in total. The van der Waals surface area contributed by atoms with Crippen molar-refractivity contribution in [2.45, 2.75) is 52.8 Å². The summed E-state index contributed by atoms with van der Waals surface area (Å²) in [6.45, 7) is 6.47. The Labute approximate surface area is 139 Å². The lowest BCUT2D eigenvalue weighted by Gasteiger charge is -2.21. The van der Waals surface area contributed by atoms with Crippen LogP contribution in [-0.4, -0.2) is 25.6 Å². The number of aryl methyl sites for hydroxylation is 4. The molecule has 0 aliphatic carbocycles. The molecule has 1 aromatic heterocycles. The number of carboxylic acid groups (broad SMARTS) is 1. The van der Waals surface area contributed by atoms with E-state index in [4.69, 9.17) is 9.84 Å². The zero-order chi connectivity index (χ0) is 17.4. The van der Waals surface area contributed by atoms with Crippen molar-refractivity contribution in [3.05, 3.63) is 50.7 Å². The molecule has 0 saturated heterocycles. The van der Waals surface area contributed by atoms with Gasteiger partial charge in [-0.05, 0) is 49.4 Å². The SMILES string of the molecule is Cc1cc(C)c(Cn2nc3n(c2=O)C(OC(=O)O)CCC3)cc1C. The van der Waals surface area contributed by atoms with Gasteiger partial charge in [0, 0.05) is 12.8 Å². The van der Waals surface area contributed by atoms with E-state index < -0.39 is 12.4 Å². The van der Waals surface area contributed by atoms with Crippen molar-refractivity contribution in [2.75, 3.05) is 0 Å². The summed E-state index contributed by atoms with van der Waals surface area (Å²) in [6, 6.07) is 4.17. The molecule has 24 heavy (non-hydrogen) atoms. The topological polar surface area (TPSA) is 86.4 Å². The molecule has 1 aromatic carbocycles. The van der Waals surface area contributed by atoms with E-state index >= 15 is 0 Å². The Morgan fingerprint density at radius 1 is 1.29 bits per heavy atom. The van der Waals surface area contributed by atoms with Crippen LogP contribution in [0.15, 0.2) is 16.9 Å². The number of rotatable bonds is 3. The molecule has 0 spiro atoms. The van der Waals surface area contributed by atoms with Crippen LogP contribution in [-0.2, 0) is 17.7 Å². The molecular formula is C17H21N3O4. The van der Waals surface area contributed by atoms with E-state index in [2.05, 4.69) is 24.2 Å². The third kappa shape index (κ3) is 2.93. The molecule has 0 radical (unpaired) electrons. The molecule has 3 rings (SSSR count). The Balaban J connectivity index is 1.97. The second kappa shape index (κ2) is 6.14. The van der Waals surface area contributed by atoms with Crippen molar-refractivity contribution >= 4 is 6.16 Å². The van der Waals surface area contributed by atoms with Crippen molar-refractivity contribution in [3.8, 4) is 0 Å². The summed E-state index contributed by atoms with van der Waals surface area (Å²) in [5.74, 6) is 0.582. The van der Waals surface area contributed by atoms with E-state index in [9.17, 15) is 9.59 Å². The van der Waals surface area contributed by atoms with Crippen molar-refractivity contribution in [1.82, 2.24) is 14.3 Å². The Morgan fingerprint density at radius 3 is 2.71 bits per heavy atom. The molecule has 1 unspecified atom stereocenters. The van der Waals surface area contributed by atoms with E-state index in [1.54, 1.807) is 0 Å². The lowest BCUT2D eigenvalue weighted by atomic mass is 10.0. The zero-order valence-corrected chi connectivity index (χ0v) is 14.1. The molecule has 0 saturated carbocycles. The summed E-state index contributed by atoms with van der Waals surface area (Å²) in [5.41, 5.74) is 4.19. The average molecular weight is 331 g/mol. The second-order valence-corrected chi connectivity index (χ2v) is 6.32. The summed E-state index contributed by atoms with van der Waals surface area (Å²) in [5, 5.41) is 13.2. The quantitative estimate of drug-likeness (QED) is 0.874. The monoisotopic (exact) mass is 331 g/mol. The fourth-order valence-corrected chi connectivity index (χ4v) is 3.17. The largest absolute Gasteiger partial charge is 0.507 e. The van der Waals surface area contributed by atoms with Crippen LogP contribution in [0.5, 0.6) is 0 Å².